The number of carboxylic acids is 1. The Balaban J connectivity index is 2.03. The third kappa shape index (κ3) is 1.88. The molecule has 1 aliphatic rings. The molecule has 1 unspecified atom stereocenters. The van der Waals surface area contributed by atoms with E-state index in [1.54, 1.807) is 12.1 Å². The van der Waals surface area contributed by atoms with Crippen LogP contribution in [0, 0.1) is 5.92 Å². The molecular formula is C12H15NO3. The standard InChI is InChI=1S/C12H15NO3/c1-8(10-4-2-3-5-11(10)14)13-6-9(7-13)12(15)16/h2-5,8-9,14H,6-7H2,1H3,(H,15,16). The Labute approximate surface area is 94.1 Å². The molecule has 16 heavy (non-hydrogen) atoms. The molecule has 0 aliphatic carbocycles. The van der Waals surface area contributed by atoms with Gasteiger partial charge < -0.3 is 10.2 Å². The Kier molecular flexibility index (Phi) is 2.83. The Morgan fingerprint density at radius 1 is 1.44 bits per heavy atom. The van der Waals surface area contributed by atoms with Gasteiger partial charge in [0.15, 0.2) is 0 Å². The van der Waals surface area contributed by atoms with E-state index in [1.807, 2.05) is 24.0 Å². The summed E-state index contributed by atoms with van der Waals surface area (Å²) >= 11 is 0. The van der Waals surface area contributed by atoms with E-state index in [9.17, 15) is 9.90 Å². The summed E-state index contributed by atoms with van der Waals surface area (Å²) in [5.74, 6) is -0.720. The number of para-hydroxylation sites is 1. The van der Waals surface area contributed by atoms with E-state index in [2.05, 4.69) is 0 Å². The highest BCUT2D eigenvalue weighted by molar-refractivity contribution is 5.71. The Morgan fingerprint density at radius 3 is 2.62 bits per heavy atom. The Morgan fingerprint density at radius 2 is 2.06 bits per heavy atom. The van der Waals surface area contributed by atoms with Gasteiger partial charge in [0.25, 0.3) is 0 Å². The van der Waals surface area contributed by atoms with Crippen molar-refractivity contribution in [3.63, 3.8) is 0 Å². The van der Waals surface area contributed by atoms with Crippen LogP contribution in [0.5, 0.6) is 5.75 Å². The average molecular weight is 221 g/mol. The maximum absolute atomic E-state index is 10.7. The van der Waals surface area contributed by atoms with Crippen molar-refractivity contribution in [1.82, 2.24) is 4.90 Å². The van der Waals surface area contributed by atoms with Crippen LogP contribution >= 0.6 is 0 Å². The number of phenolic OH excluding ortho intramolecular Hbond substituents is 1. The molecule has 4 nitrogen and oxygen atoms in total. The molecule has 1 heterocycles. The number of rotatable bonds is 3. The molecule has 0 saturated carbocycles. The highest BCUT2D eigenvalue weighted by Crippen LogP contribution is 2.32. The number of nitrogens with zero attached hydrogens (tertiary/aromatic N) is 1. The lowest BCUT2D eigenvalue weighted by molar-refractivity contribution is -0.148. The molecule has 1 atom stereocenters. The summed E-state index contributed by atoms with van der Waals surface area (Å²) in [6.07, 6.45) is 0. The number of hydrogen-bond acceptors (Lipinski definition) is 3. The second-order valence-corrected chi connectivity index (χ2v) is 4.22. The molecule has 0 amide bonds. The zero-order valence-corrected chi connectivity index (χ0v) is 9.13. The van der Waals surface area contributed by atoms with Crippen molar-refractivity contribution < 1.29 is 15.0 Å². The van der Waals surface area contributed by atoms with Gasteiger partial charge in [-0.15, -0.1) is 0 Å². The normalized spacial score (nSPS) is 19.1. The first kappa shape index (κ1) is 11.0. The molecule has 0 bridgehead atoms. The minimum absolute atomic E-state index is 0.0665. The van der Waals surface area contributed by atoms with Crippen LogP contribution < -0.4 is 0 Å². The van der Waals surface area contributed by atoms with Crippen molar-refractivity contribution in [2.45, 2.75) is 13.0 Å². The number of hydrogen-bond donors (Lipinski definition) is 2. The number of aromatic hydroxyl groups is 1. The molecule has 4 heteroatoms. The van der Waals surface area contributed by atoms with Crippen LogP contribution in [0.2, 0.25) is 0 Å². The summed E-state index contributed by atoms with van der Waals surface area (Å²) in [6, 6.07) is 7.24. The summed E-state index contributed by atoms with van der Waals surface area (Å²) in [5, 5.41) is 18.5. The third-order valence-electron chi connectivity index (χ3n) is 3.19. The quantitative estimate of drug-likeness (QED) is 0.811. The van der Waals surface area contributed by atoms with Crippen LogP contribution in [-0.4, -0.2) is 34.2 Å². The molecule has 2 N–H and O–H groups in total. The van der Waals surface area contributed by atoms with Crippen molar-refractivity contribution in [2.24, 2.45) is 5.92 Å². The molecule has 1 aromatic carbocycles. The van der Waals surface area contributed by atoms with E-state index in [4.69, 9.17) is 5.11 Å². The molecule has 2 rings (SSSR count). The first-order valence-corrected chi connectivity index (χ1v) is 5.34. The molecule has 1 aliphatic heterocycles. The van der Waals surface area contributed by atoms with Crippen molar-refractivity contribution in [2.75, 3.05) is 13.1 Å². The number of phenols is 1. The summed E-state index contributed by atoms with van der Waals surface area (Å²) < 4.78 is 0. The van der Waals surface area contributed by atoms with Crippen molar-refractivity contribution >= 4 is 5.97 Å². The van der Waals surface area contributed by atoms with Crippen LogP contribution in [0.3, 0.4) is 0 Å². The molecule has 0 spiro atoms. The smallest absolute Gasteiger partial charge is 0.309 e. The number of benzene rings is 1. The number of carbonyl (C=O) groups is 1. The van der Waals surface area contributed by atoms with E-state index >= 15 is 0 Å². The molecule has 1 fully saturated rings. The average Bonchev–Trinajstić information content (AvgIpc) is 2.15. The number of likely N-dealkylation sites (tertiary alicyclic amines) is 1. The Hall–Kier alpha value is -1.55. The van der Waals surface area contributed by atoms with Crippen LogP contribution in [0.1, 0.15) is 18.5 Å². The molecule has 0 radical (unpaired) electrons. The summed E-state index contributed by atoms with van der Waals surface area (Å²) in [4.78, 5) is 12.7. The van der Waals surface area contributed by atoms with Gasteiger partial charge in [-0.3, -0.25) is 9.69 Å². The van der Waals surface area contributed by atoms with Crippen LogP contribution in [-0.2, 0) is 4.79 Å². The maximum atomic E-state index is 10.7. The Bertz CT molecular complexity index is 399. The lowest BCUT2D eigenvalue weighted by Crippen LogP contribution is -2.51. The predicted octanol–water partition coefficient (Wildman–Crippen LogP) is 1.47. The molecular weight excluding hydrogens is 206 g/mol. The number of carboxylic acid groups (broad SMARTS) is 1. The van der Waals surface area contributed by atoms with Crippen LogP contribution in [0.25, 0.3) is 0 Å². The van der Waals surface area contributed by atoms with Gasteiger partial charge in [0.05, 0.1) is 5.92 Å². The highest BCUT2D eigenvalue weighted by atomic mass is 16.4. The van der Waals surface area contributed by atoms with E-state index < -0.39 is 5.97 Å². The van der Waals surface area contributed by atoms with Gasteiger partial charge >= 0.3 is 5.97 Å². The first-order valence-electron chi connectivity index (χ1n) is 5.34. The van der Waals surface area contributed by atoms with Gasteiger partial charge in [-0.2, -0.15) is 0 Å². The van der Waals surface area contributed by atoms with Gasteiger partial charge in [-0.05, 0) is 13.0 Å². The molecule has 0 aromatic heterocycles. The van der Waals surface area contributed by atoms with Crippen molar-refractivity contribution in [3.8, 4) is 5.75 Å². The first-order chi connectivity index (χ1) is 7.59. The van der Waals surface area contributed by atoms with E-state index in [-0.39, 0.29) is 17.7 Å². The van der Waals surface area contributed by atoms with Crippen molar-refractivity contribution in [1.29, 1.82) is 0 Å². The van der Waals surface area contributed by atoms with Crippen LogP contribution in [0.4, 0.5) is 0 Å². The third-order valence-corrected chi connectivity index (χ3v) is 3.19. The lowest BCUT2D eigenvalue weighted by atomic mass is 9.95. The van der Waals surface area contributed by atoms with Gasteiger partial charge in [-0.1, -0.05) is 18.2 Å². The fraction of sp³-hybridized carbons (Fsp3) is 0.417. The van der Waals surface area contributed by atoms with Crippen LogP contribution in [0.15, 0.2) is 24.3 Å². The second-order valence-electron chi connectivity index (χ2n) is 4.22. The largest absolute Gasteiger partial charge is 0.508 e. The SMILES string of the molecule is CC(c1ccccc1O)N1CC(C(=O)O)C1. The summed E-state index contributed by atoms with van der Waals surface area (Å²) in [5.41, 5.74) is 0.853. The zero-order valence-electron chi connectivity index (χ0n) is 9.13. The van der Waals surface area contributed by atoms with E-state index in [1.165, 1.54) is 0 Å². The predicted molar refractivity (Wildman–Crippen MR) is 59.2 cm³/mol. The minimum atomic E-state index is -0.735. The fourth-order valence-corrected chi connectivity index (χ4v) is 2.02. The summed E-state index contributed by atoms with van der Waals surface area (Å²) in [7, 11) is 0. The maximum Gasteiger partial charge on any atom is 0.309 e. The minimum Gasteiger partial charge on any atom is -0.508 e. The van der Waals surface area contributed by atoms with Gasteiger partial charge in [0, 0.05) is 24.7 Å². The molecule has 86 valence electrons. The molecule has 1 aromatic rings. The van der Waals surface area contributed by atoms with Gasteiger partial charge in [-0.25, -0.2) is 0 Å². The van der Waals surface area contributed by atoms with Gasteiger partial charge in [0.2, 0.25) is 0 Å². The lowest BCUT2D eigenvalue weighted by Gasteiger charge is -2.41. The molecule has 1 saturated heterocycles. The van der Waals surface area contributed by atoms with Gasteiger partial charge in [0.1, 0.15) is 5.75 Å². The number of aliphatic carboxylic acids is 1. The zero-order chi connectivity index (χ0) is 11.7. The van der Waals surface area contributed by atoms with E-state index in [0.717, 1.165) is 5.56 Å². The fourth-order valence-electron chi connectivity index (χ4n) is 2.02. The van der Waals surface area contributed by atoms with E-state index in [0.29, 0.717) is 13.1 Å². The monoisotopic (exact) mass is 221 g/mol. The highest BCUT2D eigenvalue weighted by Gasteiger charge is 2.36. The van der Waals surface area contributed by atoms with Crippen molar-refractivity contribution in [3.05, 3.63) is 29.8 Å². The second kappa shape index (κ2) is 4.14. The summed E-state index contributed by atoms with van der Waals surface area (Å²) in [6.45, 7) is 3.10. The topological polar surface area (TPSA) is 60.8 Å².